The molecule has 0 spiro atoms. The van der Waals surface area contributed by atoms with Gasteiger partial charge in [0.25, 0.3) is 0 Å². The molecule has 0 aliphatic heterocycles. The van der Waals surface area contributed by atoms with Crippen LogP contribution in [0.2, 0.25) is 13.3 Å². The molecule has 0 aromatic carbocycles. The van der Waals surface area contributed by atoms with E-state index < -0.39 is 18.4 Å². The van der Waals surface area contributed by atoms with Gasteiger partial charge in [-0.2, -0.15) is 0 Å². The van der Waals surface area contributed by atoms with Crippen molar-refractivity contribution in [3.05, 3.63) is 23.4 Å². The van der Waals surface area contributed by atoms with Crippen LogP contribution in [-0.2, 0) is 0 Å². The molecule has 0 saturated carbocycles. The average molecular weight is 496 g/mol. The summed E-state index contributed by atoms with van der Waals surface area (Å²) >= 11 is 1.35. The Bertz CT molecular complexity index is 770. The summed E-state index contributed by atoms with van der Waals surface area (Å²) in [6.07, 6.45) is 12.7. The van der Waals surface area contributed by atoms with Crippen molar-refractivity contribution in [2.45, 2.75) is 72.6 Å². The maximum absolute atomic E-state index is 4.65. The van der Waals surface area contributed by atoms with Crippen LogP contribution in [0.1, 0.15) is 59.3 Å². The Balaban J connectivity index is 2.01. The average Bonchev–Trinajstić information content (AvgIpc) is 3.38. The topological polar surface area (TPSA) is 30.2 Å². The molecule has 0 aliphatic rings. The van der Waals surface area contributed by atoms with Crippen molar-refractivity contribution in [3.63, 3.8) is 0 Å². The first-order valence-electron chi connectivity index (χ1n) is 10.1. The molecule has 0 saturated heterocycles. The van der Waals surface area contributed by atoms with Crippen molar-refractivity contribution in [2.75, 3.05) is 0 Å². The molecule has 0 fully saturated rings. The third-order valence-electron chi connectivity index (χ3n) is 5.44. The standard InChI is InChI=1S/C8H4N3S2.3C4H9.Sn/c1-2-13-8-7(9-4-11(1)8)6-3-12-5-10-6;3*1-3-4-2;/h1,3-5H;3*1,3-4H2,2H3;. The number of fused-ring (bicyclic) bond motifs is 1. The number of hydrogen-bond acceptors (Lipinski definition) is 4. The number of imidazole rings is 1. The van der Waals surface area contributed by atoms with E-state index in [9.17, 15) is 0 Å². The van der Waals surface area contributed by atoms with Crippen molar-refractivity contribution in [1.82, 2.24) is 14.4 Å². The summed E-state index contributed by atoms with van der Waals surface area (Å²) in [5, 5.41) is 2.11. The van der Waals surface area contributed by atoms with Gasteiger partial charge in [0.15, 0.2) is 0 Å². The molecule has 0 N–H and O–H groups in total. The third-order valence-corrected chi connectivity index (χ3v) is 25.3. The molecule has 0 unspecified atom stereocenters. The van der Waals surface area contributed by atoms with E-state index in [1.54, 1.807) is 14.2 Å². The second-order valence-electron chi connectivity index (χ2n) is 7.37. The van der Waals surface area contributed by atoms with Gasteiger partial charge in [-0.1, -0.05) is 0 Å². The van der Waals surface area contributed by atoms with Gasteiger partial charge in [-0.25, -0.2) is 0 Å². The Labute approximate surface area is 169 Å². The minimum absolute atomic E-state index is 1.03. The fraction of sp³-hybridized carbons (Fsp3) is 0.600. The van der Waals surface area contributed by atoms with E-state index >= 15 is 0 Å². The summed E-state index contributed by atoms with van der Waals surface area (Å²) in [7, 11) is 0. The van der Waals surface area contributed by atoms with Gasteiger partial charge >= 0.3 is 171 Å². The third kappa shape index (κ3) is 4.36. The Morgan fingerprint density at radius 1 is 0.962 bits per heavy atom. The van der Waals surface area contributed by atoms with E-state index in [-0.39, 0.29) is 0 Å². The zero-order chi connectivity index (χ0) is 18.4. The van der Waals surface area contributed by atoms with Crippen molar-refractivity contribution in [2.24, 2.45) is 0 Å². The summed E-state index contributed by atoms with van der Waals surface area (Å²) < 4.78 is 8.62. The van der Waals surface area contributed by atoms with Gasteiger partial charge in [0.2, 0.25) is 0 Å². The van der Waals surface area contributed by atoms with Gasteiger partial charge in [0, 0.05) is 0 Å². The SMILES string of the molecule is CCC[CH2][Sn]([CH2]CCC)([CH2]CCC)[c]1cn2cnc(-c3cscn3)c2s1. The molecule has 3 heterocycles. The first-order valence-corrected chi connectivity index (χ1v) is 19.3. The van der Waals surface area contributed by atoms with Crippen LogP contribution in [0, 0.1) is 0 Å². The number of nitrogens with zero attached hydrogens (tertiary/aromatic N) is 3. The van der Waals surface area contributed by atoms with E-state index in [0.29, 0.717) is 0 Å². The predicted molar refractivity (Wildman–Crippen MR) is 119 cm³/mol. The van der Waals surface area contributed by atoms with Crippen molar-refractivity contribution in [1.29, 1.82) is 0 Å². The molecule has 6 heteroatoms. The molecule has 0 atom stereocenters. The number of rotatable bonds is 11. The summed E-state index contributed by atoms with van der Waals surface area (Å²) in [5.41, 5.74) is 4.01. The number of aromatic nitrogens is 3. The summed E-state index contributed by atoms with van der Waals surface area (Å²) in [5.74, 6) is 0. The maximum atomic E-state index is 4.65. The van der Waals surface area contributed by atoms with Crippen LogP contribution >= 0.6 is 22.7 Å². The van der Waals surface area contributed by atoms with E-state index in [0.717, 1.165) is 11.4 Å². The van der Waals surface area contributed by atoms with Crippen molar-refractivity contribution < 1.29 is 0 Å². The zero-order valence-corrected chi connectivity index (χ0v) is 20.8. The fourth-order valence-corrected chi connectivity index (χ4v) is 24.4. The summed E-state index contributed by atoms with van der Waals surface area (Å²) in [6.45, 7) is 7.04. The van der Waals surface area contributed by atoms with E-state index in [1.165, 1.54) is 56.7 Å². The number of hydrogen-bond donors (Lipinski definition) is 0. The van der Waals surface area contributed by atoms with Gasteiger partial charge in [0.1, 0.15) is 0 Å². The molecule has 0 amide bonds. The molecule has 0 radical (unpaired) electrons. The Morgan fingerprint density at radius 3 is 2.15 bits per heavy atom. The van der Waals surface area contributed by atoms with Crippen LogP contribution in [-0.4, -0.2) is 32.7 Å². The summed E-state index contributed by atoms with van der Waals surface area (Å²) in [4.78, 5) is 10.4. The van der Waals surface area contributed by atoms with Gasteiger partial charge in [-0.15, -0.1) is 0 Å². The second kappa shape index (κ2) is 9.69. The van der Waals surface area contributed by atoms with Crippen LogP contribution in [0.15, 0.2) is 23.4 Å². The Kier molecular flexibility index (Phi) is 7.58. The first-order chi connectivity index (χ1) is 12.7. The van der Waals surface area contributed by atoms with Crippen LogP contribution in [0.25, 0.3) is 16.2 Å². The molecule has 3 aromatic rings. The zero-order valence-electron chi connectivity index (χ0n) is 16.3. The molecule has 3 nitrogen and oxygen atoms in total. The molecular weight excluding hydrogens is 465 g/mol. The van der Waals surface area contributed by atoms with Gasteiger partial charge < -0.3 is 0 Å². The fourth-order valence-electron chi connectivity index (χ4n) is 3.84. The van der Waals surface area contributed by atoms with Crippen LogP contribution in [0.5, 0.6) is 0 Å². The number of thiazole rings is 2. The Morgan fingerprint density at radius 2 is 1.62 bits per heavy atom. The number of unbranched alkanes of at least 4 members (excludes halogenated alkanes) is 3. The van der Waals surface area contributed by atoms with Crippen LogP contribution in [0.3, 0.4) is 0 Å². The monoisotopic (exact) mass is 497 g/mol. The second-order valence-corrected chi connectivity index (χ2v) is 23.3. The van der Waals surface area contributed by atoms with Gasteiger partial charge in [0.05, 0.1) is 0 Å². The predicted octanol–water partition coefficient (Wildman–Crippen LogP) is 6.58. The minimum atomic E-state index is -2.35. The molecule has 26 heavy (non-hydrogen) atoms. The van der Waals surface area contributed by atoms with Gasteiger partial charge in [-0.05, 0) is 0 Å². The molecule has 142 valence electrons. The van der Waals surface area contributed by atoms with E-state index in [1.807, 2.05) is 23.2 Å². The molecule has 0 bridgehead atoms. The van der Waals surface area contributed by atoms with Crippen molar-refractivity contribution in [3.8, 4) is 11.4 Å². The molecule has 0 aliphatic carbocycles. The first kappa shape index (κ1) is 20.3. The van der Waals surface area contributed by atoms with Crippen molar-refractivity contribution >= 4 is 48.8 Å². The Hall–Kier alpha value is -0.401. The van der Waals surface area contributed by atoms with Crippen LogP contribution < -0.4 is 2.89 Å². The van der Waals surface area contributed by atoms with Crippen LogP contribution in [0.4, 0.5) is 0 Å². The van der Waals surface area contributed by atoms with Gasteiger partial charge in [-0.3, -0.25) is 0 Å². The molecule has 3 aromatic heterocycles. The van der Waals surface area contributed by atoms with E-state index in [4.69, 9.17) is 0 Å². The normalized spacial score (nSPS) is 12.3. The molecule has 3 rings (SSSR count). The summed E-state index contributed by atoms with van der Waals surface area (Å²) in [6, 6.07) is 0. The quantitative estimate of drug-likeness (QED) is 0.281. The van der Waals surface area contributed by atoms with E-state index in [2.05, 4.69) is 46.7 Å². The molecular formula is C20H31N3S2Sn.